The smallest absolute Gasteiger partial charge is 0.327 e. The number of allylic oxidation sites excluding steroid dienone is 1. The van der Waals surface area contributed by atoms with Gasteiger partial charge in [-0.1, -0.05) is 80.1 Å². The normalized spacial score (nSPS) is 10.6. The van der Waals surface area contributed by atoms with Crippen molar-refractivity contribution in [1.29, 1.82) is 0 Å². The summed E-state index contributed by atoms with van der Waals surface area (Å²) in [6, 6.07) is 23.1. The number of thiophene rings is 1. The van der Waals surface area contributed by atoms with E-state index in [1.54, 1.807) is 6.92 Å². The van der Waals surface area contributed by atoms with Gasteiger partial charge in [0.25, 0.3) is 5.56 Å². The Balaban J connectivity index is 0.000000205. The largest absolute Gasteiger partial charge is 0.465 e. The molecule has 0 radical (unpaired) electrons. The van der Waals surface area contributed by atoms with Crippen LogP contribution in [-0.2, 0) is 16.1 Å². The summed E-state index contributed by atoms with van der Waals surface area (Å²) in [6.07, 6.45) is 0. The lowest BCUT2D eigenvalue weighted by atomic mass is 9.94. The maximum atomic E-state index is 12.4. The maximum absolute atomic E-state index is 12.4. The van der Waals surface area contributed by atoms with E-state index < -0.39 is 5.97 Å². The molecule has 0 aliphatic carbocycles. The molecule has 0 aliphatic heterocycles. The van der Waals surface area contributed by atoms with Crippen LogP contribution in [0.25, 0.3) is 15.7 Å². The van der Waals surface area contributed by atoms with Gasteiger partial charge >= 0.3 is 5.97 Å². The molecule has 4 rings (SSSR count). The summed E-state index contributed by atoms with van der Waals surface area (Å²) in [5.41, 5.74) is 5.87. The number of hydrogen-bond donors (Lipinski definition) is 0. The Morgan fingerprint density at radius 2 is 1.56 bits per heavy atom. The molecule has 0 saturated carbocycles. The van der Waals surface area contributed by atoms with Crippen molar-refractivity contribution in [3.63, 3.8) is 0 Å². The van der Waals surface area contributed by atoms with E-state index >= 15 is 0 Å². The van der Waals surface area contributed by atoms with E-state index in [1.165, 1.54) is 38.3 Å². The Labute approximate surface area is 217 Å². The summed E-state index contributed by atoms with van der Waals surface area (Å²) < 4.78 is 6.75. The SMILES string of the molecule is CC(C)=C(c1ccccc1)c1ccccc1.CCOC(=O)Cn1nc(C(C)C)c2cc(C)sc2c1=O. The Morgan fingerprint density at radius 1 is 1.00 bits per heavy atom. The van der Waals surface area contributed by atoms with Crippen molar-refractivity contribution < 1.29 is 9.53 Å². The standard InChI is InChI=1S/C16H16.C14H18N2O3S/c1-13(2)16(14-9-5-3-6-10-14)15-11-7-4-8-12-15;1-5-19-11(17)7-16-14(18)13-10(6-9(4)20-13)12(15-16)8(2)3/h3-12H,1-2H3;6,8H,5,7H2,1-4H3. The van der Waals surface area contributed by atoms with E-state index in [4.69, 9.17) is 4.74 Å². The molecular formula is C30H34N2O3S. The number of rotatable bonds is 6. The van der Waals surface area contributed by atoms with Crippen molar-refractivity contribution in [3.8, 4) is 0 Å². The van der Waals surface area contributed by atoms with Gasteiger partial charge in [-0.15, -0.1) is 11.3 Å². The average molecular weight is 503 g/mol. The number of esters is 1. The van der Waals surface area contributed by atoms with Crippen LogP contribution < -0.4 is 5.56 Å². The monoisotopic (exact) mass is 502 g/mol. The van der Waals surface area contributed by atoms with Crippen molar-refractivity contribution in [3.05, 3.63) is 104 Å². The molecule has 0 fully saturated rings. The van der Waals surface area contributed by atoms with Crippen LogP contribution in [0.2, 0.25) is 0 Å². The summed E-state index contributed by atoms with van der Waals surface area (Å²) in [5, 5.41) is 5.24. The molecular weight excluding hydrogens is 468 g/mol. The molecule has 0 unspecified atom stereocenters. The number of aromatic nitrogens is 2. The quantitative estimate of drug-likeness (QED) is 0.267. The summed E-state index contributed by atoms with van der Waals surface area (Å²) in [4.78, 5) is 25.0. The molecule has 0 spiro atoms. The lowest BCUT2D eigenvalue weighted by molar-refractivity contribution is -0.144. The number of hydrogen-bond acceptors (Lipinski definition) is 5. The third kappa shape index (κ3) is 6.58. The number of benzene rings is 2. The molecule has 2 aromatic heterocycles. The van der Waals surface area contributed by atoms with Gasteiger partial charge in [0.2, 0.25) is 0 Å². The Morgan fingerprint density at radius 3 is 2.03 bits per heavy atom. The third-order valence-electron chi connectivity index (χ3n) is 5.54. The highest BCUT2D eigenvalue weighted by Gasteiger charge is 2.17. The summed E-state index contributed by atoms with van der Waals surface area (Å²) in [7, 11) is 0. The van der Waals surface area contributed by atoms with Gasteiger partial charge in [-0.25, -0.2) is 4.68 Å². The van der Waals surface area contributed by atoms with Crippen molar-refractivity contribution in [1.82, 2.24) is 9.78 Å². The number of carbonyl (C=O) groups excluding carboxylic acids is 1. The number of nitrogens with zero attached hydrogens (tertiary/aromatic N) is 2. The van der Waals surface area contributed by atoms with Crippen molar-refractivity contribution in [2.45, 2.75) is 54.0 Å². The van der Waals surface area contributed by atoms with Crippen LogP contribution >= 0.6 is 11.3 Å². The zero-order chi connectivity index (χ0) is 26.2. The first kappa shape index (κ1) is 27.1. The second-order valence-corrected chi connectivity index (χ2v) is 10.3. The van der Waals surface area contributed by atoms with Gasteiger partial charge in [0.05, 0.1) is 12.3 Å². The summed E-state index contributed by atoms with van der Waals surface area (Å²) >= 11 is 1.44. The Bertz CT molecular complexity index is 1360. The van der Waals surface area contributed by atoms with E-state index in [-0.39, 0.29) is 18.0 Å². The summed E-state index contributed by atoms with van der Waals surface area (Å²) in [6.45, 7) is 12.2. The molecule has 0 saturated heterocycles. The average Bonchev–Trinajstić information content (AvgIpc) is 3.24. The first-order chi connectivity index (χ1) is 17.2. The van der Waals surface area contributed by atoms with Crippen LogP contribution in [0, 0.1) is 6.92 Å². The second-order valence-electron chi connectivity index (χ2n) is 9.01. The van der Waals surface area contributed by atoms with E-state index in [2.05, 4.69) is 79.6 Å². The van der Waals surface area contributed by atoms with Crippen molar-refractivity contribution >= 4 is 33.0 Å². The van der Waals surface area contributed by atoms with Gasteiger partial charge in [0.1, 0.15) is 11.2 Å². The lowest BCUT2D eigenvalue weighted by Crippen LogP contribution is -2.28. The minimum atomic E-state index is -0.440. The first-order valence-electron chi connectivity index (χ1n) is 12.2. The third-order valence-corrected chi connectivity index (χ3v) is 6.58. The molecule has 4 aromatic rings. The molecule has 0 atom stereocenters. The fourth-order valence-electron chi connectivity index (χ4n) is 4.03. The molecule has 188 valence electrons. The number of carbonyl (C=O) groups is 1. The van der Waals surface area contributed by atoms with Crippen LogP contribution in [0.1, 0.15) is 62.2 Å². The maximum Gasteiger partial charge on any atom is 0.327 e. The zero-order valence-corrected chi connectivity index (χ0v) is 22.7. The highest BCUT2D eigenvalue weighted by molar-refractivity contribution is 7.18. The van der Waals surface area contributed by atoms with Gasteiger partial charge in [-0.2, -0.15) is 5.10 Å². The predicted molar refractivity (Wildman–Crippen MR) is 150 cm³/mol. The molecule has 0 amide bonds. The van der Waals surface area contributed by atoms with Crippen LogP contribution in [-0.4, -0.2) is 22.4 Å². The number of ether oxygens (including phenoxy) is 1. The van der Waals surface area contributed by atoms with Crippen molar-refractivity contribution in [2.75, 3.05) is 6.61 Å². The summed E-state index contributed by atoms with van der Waals surface area (Å²) in [5.74, 6) is -0.259. The van der Waals surface area contributed by atoms with E-state index in [0.29, 0.717) is 11.3 Å². The fourth-order valence-corrected chi connectivity index (χ4v) is 4.99. The highest BCUT2D eigenvalue weighted by atomic mass is 32.1. The van der Waals surface area contributed by atoms with E-state index in [0.717, 1.165) is 16.0 Å². The Kier molecular flexibility index (Phi) is 9.37. The van der Waals surface area contributed by atoms with E-state index in [9.17, 15) is 9.59 Å². The Hall–Kier alpha value is -3.51. The zero-order valence-electron chi connectivity index (χ0n) is 21.9. The topological polar surface area (TPSA) is 61.2 Å². The lowest BCUT2D eigenvalue weighted by Gasteiger charge is -2.10. The molecule has 0 bridgehead atoms. The molecule has 6 heteroatoms. The van der Waals surface area contributed by atoms with Gasteiger partial charge in [0.15, 0.2) is 0 Å². The highest BCUT2D eigenvalue weighted by Crippen LogP contribution is 2.28. The van der Waals surface area contributed by atoms with Gasteiger partial charge in [-0.3, -0.25) is 9.59 Å². The predicted octanol–water partition coefficient (Wildman–Crippen LogP) is 6.98. The molecule has 0 aliphatic rings. The van der Waals surface area contributed by atoms with Gasteiger partial charge in [0, 0.05) is 10.3 Å². The first-order valence-corrected chi connectivity index (χ1v) is 13.0. The van der Waals surface area contributed by atoms with Crippen molar-refractivity contribution in [2.24, 2.45) is 0 Å². The molecule has 0 N–H and O–H groups in total. The number of aryl methyl sites for hydroxylation is 1. The van der Waals surface area contributed by atoms with Crippen LogP contribution in [0.15, 0.2) is 77.1 Å². The van der Waals surface area contributed by atoms with Crippen LogP contribution in [0.3, 0.4) is 0 Å². The van der Waals surface area contributed by atoms with Gasteiger partial charge < -0.3 is 4.74 Å². The van der Waals surface area contributed by atoms with E-state index in [1.807, 2.05) is 26.8 Å². The van der Waals surface area contributed by atoms with Crippen LogP contribution in [0.5, 0.6) is 0 Å². The second kappa shape index (κ2) is 12.5. The molecule has 2 aromatic carbocycles. The molecule has 36 heavy (non-hydrogen) atoms. The minimum Gasteiger partial charge on any atom is -0.465 e. The van der Waals surface area contributed by atoms with Crippen LogP contribution in [0.4, 0.5) is 0 Å². The number of fused-ring (bicyclic) bond motifs is 1. The van der Waals surface area contributed by atoms with Gasteiger partial charge in [-0.05, 0) is 56.4 Å². The minimum absolute atomic E-state index is 0.140. The molecule has 5 nitrogen and oxygen atoms in total. The fraction of sp³-hybridized carbons (Fsp3) is 0.300. The molecule has 2 heterocycles.